The van der Waals surface area contributed by atoms with Crippen LogP contribution in [0.2, 0.25) is 0 Å². The van der Waals surface area contributed by atoms with Gasteiger partial charge < -0.3 is 20.3 Å². The van der Waals surface area contributed by atoms with Crippen LogP contribution >= 0.6 is 0 Å². The summed E-state index contributed by atoms with van der Waals surface area (Å²) < 4.78 is 27.9. The van der Waals surface area contributed by atoms with Gasteiger partial charge in [0.1, 0.15) is 11.6 Å². The highest BCUT2D eigenvalue weighted by Crippen LogP contribution is 2.27. The molecule has 0 atom stereocenters. The number of urea groups is 1. The van der Waals surface area contributed by atoms with E-state index in [0.717, 1.165) is 11.2 Å². The zero-order chi connectivity index (χ0) is 28.9. The van der Waals surface area contributed by atoms with E-state index in [9.17, 15) is 27.9 Å². The molecular formula is C27H28N4O7S. The summed E-state index contributed by atoms with van der Waals surface area (Å²) in [5.74, 6) is -2.74. The van der Waals surface area contributed by atoms with Crippen LogP contribution in [0.4, 0.5) is 10.5 Å². The first-order chi connectivity index (χ1) is 18.3. The van der Waals surface area contributed by atoms with Crippen LogP contribution in [0.3, 0.4) is 0 Å². The maximum atomic E-state index is 13.5. The monoisotopic (exact) mass is 552 g/mol. The number of phenols is 1. The van der Waals surface area contributed by atoms with E-state index >= 15 is 0 Å². The lowest BCUT2D eigenvalue weighted by Gasteiger charge is -2.24. The summed E-state index contributed by atoms with van der Waals surface area (Å²) in [5, 5.41) is 20.1. The van der Waals surface area contributed by atoms with Crippen LogP contribution in [0.15, 0.2) is 66.7 Å². The standard InChI is InChI=1S/C27H28N4O7S/c1-16(2)15-31(27(35)30-19-10-12-21(24(28)29)23(32)14-19)25(33)18-9-11-20(17-7-5-4-6-8-17)22(13-18)26(34)38-39(3,36)37/h4-14,16,32H,15H2,1-3H3,(H3,28,29)(H,30,35). The van der Waals surface area contributed by atoms with E-state index < -0.39 is 28.0 Å². The second kappa shape index (κ2) is 11.8. The first-order valence-electron chi connectivity index (χ1n) is 11.7. The number of carbonyl (C=O) groups is 3. The molecule has 12 heteroatoms. The predicted molar refractivity (Wildman–Crippen MR) is 146 cm³/mol. The van der Waals surface area contributed by atoms with Gasteiger partial charge in [-0.15, -0.1) is 0 Å². The summed E-state index contributed by atoms with van der Waals surface area (Å²) in [6, 6.07) is 15.9. The molecule has 3 aromatic rings. The molecule has 0 spiro atoms. The number of imide groups is 1. The number of amides is 3. The summed E-state index contributed by atoms with van der Waals surface area (Å²) in [6.45, 7) is 3.61. The van der Waals surface area contributed by atoms with Crippen molar-refractivity contribution in [2.75, 3.05) is 18.1 Å². The van der Waals surface area contributed by atoms with Crippen LogP contribution in [-0.2, 0) is 14.3 Å². The molecule has 39 heavy (non-hydrogen) atoms. The van der Waals surface area contributed by atoms with E-state index in [1.54, 1.807) is 44.2 Å². The summed E-state index contributed by atoms with van der Waals surface area (Å²) in [4.78, 5) is 40.4. The molecule has 0 unspecified atom stereocenters. The minimum absolute atomic E-state index is 0.00569. The Bertz CT molecular complexity index is 1540. The van der Waals surface area contributed by atoms with Crippen molar-refractivity contribution >= 4 is 39.5 Å². The predicted octanol–water partition coefficient (Wildman–Crippen LogP) is 3.79. The molecule has 0 saturated carbocycles. The Morgan fingerprint density at radius 2 is 1.69 bits per heavy atom. The molecule has 3 rings (SSSR count). The lowest BCUT2D eigenvalue weighted by Crippen LogP contribution is -2.42. The lowest BCUT2D eigenvalue weighted by molar-refractivity contribution is 0.0749. The molecule has 11 nitrogen and oxygen atoms in total. The molecule has 0 aliphatic rings. The van der Waals surface area contributed by atoms with Crippen LogP contribution < -0.4 is 11.1 Å². The first kappa shape index (κ1) is 28.9. The number of nitrogens with zero attached hydrogens (tertiary/aromatic N) is 1. The molecule has 3 amide bonds. The number of phenolic OH excluding ortho intramolecular Hbond substituents is 1. The largest absolute Gasteiger partial charge is 0.507 e. The Hall–Kier alpha value is -4.71. The number of hydrogen-bond acceptors (Lipinski definition) is 8. The van der Waals surface area contributed by atoms with Gasteiger partial charge >= 0.3 is 22.1 Å². The van der Waals surface area contributed by atoms with Gasteiger partial charge in [-0.3, -0.25) is 15.1 Å². The van der Waals surface area contributed by atoms with Gasteiger partial charge in [-0.25, -0.2) is 9.59 Å². The quantitative estimate of drug-likeness (QED) is 0.185. The van der Waals surface area contributed by atoms with Crippen LogP contribution in [0.5, 0.6) is 5.75 Å². The molecule has 0 radical (unpaired) electrons. The van der Waals surface area contributed by atoms with Crippen LogP contribution in [0.25, 0.3) is 11.1 Å². The van der Waals surface area contributed by atoms with Crippen LogP contribution in [0, 0.1) is 11.3 Å². The molecule has 204 valence electrons. The van der Waals surface area contributed by atoms with E-state index in [1.165, 1.54) is 36.4 Å². The number of aromatic hydroxyl groups is 1. The van der Waals surface area contributed by atoms with Gasteiger partial charge in [-0.1, -0.05) is 50.2 Å². The van der Waals surface area contributed by atoms with E-state index in [0.29, 0.717) is 11.1 Å². The van der Waals surface area contributed by atoms with Crippen molar-refractivity contribution < 1.29 is 32.1 Å². The fourth-order valence-corrected chi connectivity index (χ4v) is 4.07. The minimum atomic E-state index is -4.15. The number of nitrogens with one attached hydrogen (secondary N) is 2. The molecule has 5 N–H and O–H groups in total. The summed E-state index contributed by atoms with van der Waals surface area (Å²) >= 11 is 0. The SMILES string of the molecule is CC(C)CN(C(=O)Nc1ccc(C(=N)N)c(O)c1)C(=O)c1ccc(-c2ccccc2)c(C(=O)OS(C)(=O)=O)c1. The molecule has 0 aliphatic heterocycles. The van der Waals surface area contributed by atoms with Gasteiger partial charge in [0.05, 0.1) is 17.4 Å². The highest BCUT2D eigenvalue weighted by atomic mass is 32.2. The number of carbonyl (C=O) groups excluding carboxylic acids is 3. The molecule has 3 aromatic carbocycles. The number of benzene rings is 3. The molecule has 0 aromatic heterocycles. The van der Waals surface area contributed by atoms with E-state index in [2.05, 4.69) is 9.50 Å². The second-order valence-corrected chi connectivity index (χ2v) is 10.7. The van der Waals surface area contributed by atoms with Crippen molar-refractivity contribution in [3.8, 4) is 16.9 Å². The van der Waals surface area contributed by atoms with E-state index in [4.69, 9.17) is 11.1 Å². The minimum Gasteiger partial charge on any atom is -0.507 e. The van der Waals surface area contributed by atoms with Gasteiger partial charge in [0.2, 0.25) is 0 Å². The third-order valence-electron chi connectivity index (χ3n) is 5.38. The van der Waals surface area contributed by atoms with Crippen molar-refractivity contribution in [3.05, 3.63) is 83.4 Å². The second-order valence-electron chi connectivity index (χ2n) is 9.09. The Kier molecular flexibility index (Phi) is 8.71. The smallest absolute Gasteiger partial charge is 0.354 e. The van der Waals surface area contributed by atoms with Crippen molar-refractivity contribution in [2.45, 2.75) is 13.8 Å². The molecular weight excluding hydrogens is 524 g/mol. The maximum Gasteiger partial charge on any atom is 0.354 e. The van der Waals surface area contributed by atoms with Crippen LogP contribution in [-0.4, -0.2) is 55.0 Å². The van der Waals surface area contributed by atoms with Gasteiger partial charge in [-0.05, 0) is 41.3 Å². The Balaban J connectivity index is 2.00. The summed E-state index contributed by atoms with van der Waals surface area (Å²) in [6.07, 6.45) is 0.734. The Labute approximate surface area is 225 Å². The zero-order valence-electron chi connectivity index (χ0n) is 21.5. The fourth-order valence-electron chi connectivity index (χ4n) is 3.71. The Morgan fingerprint density at radius 1 is 1.03 bits per heavy atom. The number of nitrogen functional groups attached to an aromatic ring is 1. The van der Waals surface area contributed by atoms with Crippen molar-refractivity contribution in [2.24, 2.45) is 11.7 Å². The fraction of sp³-hybridized carbons (Fsp3) is 0.185. The van der Waals surface area contributed by atoms with Crippen molar-refractivity contribution in [3.63, 3.8) is 0 Å². The molecule has 0 aliphatic carbocycles. The number of nitrogens with two attached hydrogens (primary N) is 1. The summed E-state index contributed by atoms with van der Waals surface area (Å²) in [5.41, 5.74) is 6.33. The molecule has 0 bridgehead atoms. The van der Waals surface area contributed by atoms with E-state index in [1.807, 2.05) is 0 Å². The highest BCUT2D eigenvalue weighted by molar-refractivity contribution is 7.86. The van der Waals surface area contributed by atoms with Crippen LogP contribution in [0.1, 0.15) is 40.1 Å². The Morgan fingerprint density at radius 3 is 2.26 bits per heavy atom. The topological polar surface area (TPSA) is 180 Å². The van der Waals surface area contributed by atoms with Crippen molar-refractivity contribution in [1.29, 1.82) is 5.41 Å². The zero-order valence-corrected chi connectivity index (χ0v) is 22.3. The highest BCUT2D eigenvalue weighted by Gasteiger charge is 2.27. The number of hydrogen-bond donors (Lipinski definition) is 4. The number of rotatable bonds is 8. The van der Waals surface area contributed by atoms with Gasteiger partial charge in [0.25, 0.3) is 5.91 Å². The van der Waals surface area contributed by atoms with Gasteiger partial charge in [-0.2, -0.15) is 8.42 Å². The third kappa shape index (κ3) is 7.42. The molecule has 0 fully saturated rings. The first-order valence-corrected chi connectivity index (χ1v) is 13.5. The number of anilines is 1. The van der Waals surface area contributed by atoms with Gasteiger partial charge in [0, 0.05) is 23.9 Å². The lowest BCUT2D eigenvalue weighted by atomic mass is 9.97. The molecule has 0 heterocycles. The normalized spacial score (nSPS) is 11.1. The van der Waals surface area contributed by atoms with Crippen molar-refractivity contribution in [1.82, 2.24) is 4.90 Å². The maximum absolute atomic E-state index is 13.5. The molecule has 0 saturated heterocycles. The average Bonchev–Trinajstić information content (AvgIpc) is 2.85. The number of amidine groups is 1. The third-order valence-corrected chi connectivity index (χ3v) is 5.83. The van der Waals surface area contributed by atoms with E-state index in [-0.39, 0.29) is 46.4 Å². The average molecular weight is 553 g/mol. The summed E-state index contributed by atoms with van der Waals surface area (Å²) in [7, 11) is -4.15. The van der Waals surface area contributed by atoms with Gasteiger partial charge in [0.15, 0.2) is 0 Å².